The average molecular weight is 707 g/mol. The Hall–Kier alpha value is -2.95. The van der Waals surface area contributed by atoms with Gasteiger partial charge in [0.15, 0.2) is 11.4 Å². The van der Waals surface area contributed by atoms with Crippen molar-refractivity contribution in [3.8, 4) is 0 Å². The number of benzene rings is 2. The molecule has 2 saturated carbocycles. The topological polar surface area (TPSA) is 139 Å². The van der Waals surface area contributed by atoms with Crippen molar-refractivity contribution < 1.29 is 41.3 Å². The van der Waals surface area contributed by atoms with Crippen LogP contribution in [0.1, 0.15) is 45.1 Å². The highest BCUT2D eigenvalue weighted by Gasteiger charge is 2.54. The van der Waals surface area contributed by atoms with E-state index in [9.17, 15) is 27.1 Å². The monoisotopic (exact) mass is 706 g/mol. The van der Waals surface area contributed by atoms with E-state index in [4.69, 9.17) is 14.2 Å². The molecule has 3 heterocycles. The lowest BCUT2D eigenvalue weighted by Crippen LogP contribution is -2.52. The van der Waals surface area contributed by atoms with Gasteiger partial charge in [0.1, 0.15) is 17.7 Å². The van der Waals surface area contributed by atoms with Crippen molar-refractivity contribution in [2.75, 3.05) is 25.0 Å². The van der Waals surface area contributed by atoms with E-state index in [1.165, 1.54) is 21.7 Å². The molecule has 4 fully saturated rings. The van der Waals surface area contributed by atoms with E-state index in [2.05, 4.69) is 15.6 Å². The molecule has 3 aromatic rings. The van der Waals surface area contributed by atoms with Crippen molar-refractivity contribution in [1.29, 1.82) is 0 Å². The molecule has 260 valence electrons. The van der Waals surface area contributed by atoms with E-state index >= 15 is 0 Å². The first-order valence-electron chi connectivity index (χ1n) is 16.5. The molecule has 1 aromatic heterocycles. The summed E-state index contributed by atoms with van der Waals surface area (Å²) in [6.45, 7) is 3.93. The van der Waals surface area contributed by atoms with Crippen molar-refractivity contribution in [2.24, 2.45) is 17.8 Å². The van der Waals surface area contributed by atoms with Gasteiger partial charge in [0.2, 0.25) is 10.0 Å². The second-order valence-corrected chi connectivity index (χ2v) is 16.8. The Balaban J connectivity index is 1.10. The van der Waals surface area contributed by atoms with Gasteiger partial charge in [-0.15, -0.1) is 0 Å². The maximum atomic E-state index is 14.2. The van der Waals surface area contributed by atoms with Crippen molar-refractivity contribution in [3.63, 3.8) is 0 Å². The third-order valence-corrected chi connectivity index (χ3v) is 12.2. The lowest BCUT2D eigenvalue weighted by Gasteiger charge is -2.33. The number of nitrogens with zero attached hydrogens (tertiary/aromatic N) is 2. The predicted octanol–water partition coefficient (Wildman–Crippen LogP) is 4.64. The number of amides is 1. The smallest absolute Gasteiger partial charge is 0.407 e. The summed E-state index contributed by atoms with van der Waals surface area (Å²) in [6, 6.07) is 6.95. The maximum Gasteiger partial charge on any atom is 0.407 e. The minimum atomic E-state index is -4.13. The number of alkyl carbamates (subject to hydrolysis) is 1. The zero-order chi connectivity index (χ0) is 33.7. The standard InChI is InChI=1S/C33H40F2N4O7S2/c1-17(2)14-39(48(42,43)23-5-6-25-30(12-23)47-32(37-25)36-22-3-4-22)15-27(40)26(9-18-7-20(34)11-21(35)8-18)38-33(41)46-28-10-19-16-44-31-24(19)13-29(28)45-31/h5-8,11-12,17,19,22,24,26-29,31,40H,3-4,9-10,13-16H2,1-2H3,(H,36,37)(H,38,41)/t19-,24-,26-,27+,28-,29?,31-/m0/s1. The fourth-order valence-electron chi connectivity index (χ4n) is 6.97. The molecule has 11 nitrogen and oxygen atoms in total. The van der Waals surface area contributed by atoms with E-state index in [1.807, 2.05) is 13.8 Å². The quantitative estimate of drug-likeness (QED) is 0.232. The van der Waals surface area contributed by atoms with E-state index in [0.29, 0.717) is 29.3 Å². The molecule has 2 aliphatic heterocycles. The van der Waals surface area contributed by atoms with Gasteiger partial charge in [0.25, 0.3) is 0 Å². The molecule has 1 unspecified atom stereocenters. The van der Waals surface area contributed by atoms with Crippen LogP contribution in [-0.2, 0) is 30.7 Å². The van der Waals surface area contributed by atoms with Gasteiger partial charge in [-0.25, -0.2) is 27.0 Å². The largest absolute Gasteiger partial charge is 0.443 e. The van der Waals surface area contributed by atoms with Crippen LogP contribution in [0.5, 0.6) is 0 Å². The number of anilines is 1. The lowest BCUT2D eigenvalue weighted by atomic mass is 9.80. The maximum absolute atomic E-state index is 14.2. The number of nitrogens with one attached hydrogen (secondary N) is 2. The second kappa shape index (κ2) is 13.4. The van der Waals surface area contributed by atoms with Gasteiger partial charge >= 0.3 is 6.09 Å². The number of hydrogen-bond acceptors (Lipinski definition) is 10. The Morgan fingerprint density at radius 1 is 1.15 bits per heavy atom. The zero-order valence-electron chi connectivity index (χ0n) is 26.7. The number of thiazole rings is 1. The number of aliphatic hydroxyl groups is 1. The fourth-order valence-corrected chi connectivity index (χ4v) is 9.67. The predicted molar refractivity (Wildman–Crippen MR) is 174 cm³/mol. The summed E-state index contributed by atoms with van der Waals surface area (Å²) < 4.78 is 75.8. The molecule has 15 heteroatoms. The molecule has 7 rings (SSSR count). The number of sulfonamides is 1. The first kappa shape index (κ1) is 33.5. The molecule has 7 atom stereocenters. The first-order chi connectivity index (χ1) is 22.9. The van der Waals surface area contributed by atoms with Gasteiger partial charge in [0.05, 0.1) is 40.0 Å². The molecule has 48 heavy (non-hydrogen) atoms. The number of hydrogen-bond donors (Lipinski definition) is 3. The second-order valence-electron chi connectivity index (χ2n) is 13.8. The third-order valence-electron chi connectivity index (χ3n) is 9.46. The minimum absolute atomic E-state index is 0.0473. The van der Waals surface area contributed by atoms with Crippen molar-refractivity contribution >= 4 is 42.8 Å². The number of aliphatic hydroxyl groups excluding tert-OH is 1. The molecule has 0 spiro atoms. The van der Waals surface area contributed by atoms with Crippen LogP contribution in [0.15, 0.2) is 41.3 Å². The molecular formula is C33H40F2N4O7S2. The fraction of sp³-hybridized carbons (Fsp3) is 0.576. The number of rotatable bonds is 13. The minimum Gasteiger partial charge on any atom is -0.443 e. The van der Waals surface area contributed by atoms with E-state index < -0.39 is 52.5 Å². The highest BCUT2D eigenvalue weighted by molar-refractivity contribution is 7.89. The highest BCUT2D eigenvalue weighted by Crippen LogP contribution is 2.47. The van der Waals surface area contributed by atoms with Crippen molar-refractivity contribution in [3.05, 3.63) is 53.6 Å². The average Bonchev–Trinajstić information content (AvgIpc) is 3.42. The number of fused-ring (bicyclic) bond motifs is 2. The number of carbonyl (C=O) groups excluding carboxylic acids is 1. The van der Waals surface area contributed by atoms with Crippen LogP contribution in [0.4, 0.5) is 18.7 Å². The summed E-state index contributed by atoms with van der Waals surface area (Å²) in [4.78, 5) is 17.9. The van der Waals surface area contributed by atoms with Gasteiger partial charge in [0, 0.05) is 31.1 Å². The molecule has 2 aromatic carbocycles. The van der Waals surface area contributed by atoms with Gasteiger partial charge in [-0.2, -0.15) is 4.31 Å². The normalized spacial score (nSPS) is 26.3. The third kappa shape index (κ3) is 7.31. The van der Waals surface area contributed by atoms with Crippen LogP contribution < -0.4 is 10.6 Å². The first-order valence-corrected chi connectivity index (χ1v) is 18.7. The van der Waals surface area contributed by atoms with Gasteiger partial charge in [-0.05, 0) is 79.8 Å². The molecule has 0 radical (unpaired) electrons. The Kier molecular flexibility index (Phi) is 9.36. The Labute approximate surface area is 282 Å². The Bertz CT molecular complexity index is 1750. The summed E-state index contributed by atoms with van der Waals surface area (Å²) in [7, 11) is -4.13. The summed E-state index contributed by atoms with van der Waals surface area (Å²) in [5, 5.41) is 18.3. The molecule has 1 amide bonds. The molecule has 3 N–H and O–H groups in total. The molecule has 4 aliphatic rings. The van der Waals surface area contributed by atoms with Crippen LogP contribution in [0.3, 0.4) is 0 Å². The van der Waals surface area contributed by atoms with Crippen molar-refractivity contribution in [2.45, 2.75) is 87.5 Å². The number of halogens is 2. The van der Waals surface area contributed by atoms with E-state index in [0.717, 1.165) is 42.6 Å². The Morgan fingerprint density at radius 3 is 2.65 bits per heavy atom. The molecular weight excluding hydrogens is 667 g/mol. The molecule has 2 aliphatic carbocycles. The van der Waals surface area contributed by atoms with Gasteiger partial charge < -0.3 is 30.0 Å². The number of ether oxygens (including phenoxy) is 3. The van der Waals surface area contributed by atoms with Gasteiger partial charge in [-0.1, -0.05) is 25.2 Å². The zero-order valence-corrected chi connectivity index (χ0v) is 28.3. The number of aromatic nitrogens is 1. The Morgan fingerprint density at radius 2 is 1.92 bits per heavy atom. The summed E-state index contributed by atoms with van der Waals surface area (Å²) in [6.07, 6.45) is -0.171. The van der Waals surface area contributed by atoms with Gasteiger partial charge in [-0.3, -0.25) is 0 Å². The van der Waals surface area contributed by atoms with Crippen LogP contribution in [0, 0.1) is 29.4 Å². The van der Waals surface area contributed by atoms with Crippen LogP contribution in [0.25, 0.3) is 10.2 Å². The summed E-state index contributed by atoms with van der Waals surface area (Å²) >= 11 is 1.38. The van der Waals surface area contributed by atoms with Crippen LogP contribution in [0.2, 0.25) is 0 Å². The molecule has 2 bridgehead atoms. The molecule has 2 saturated heterocycles. The summed E-state index contributed by atoms with van der Waals surface area (Å²) in [5.41, 5.74) is 0.856. The number of carbonyl (C=O) groups is 1. The SMILES string of the molecule is CC(C)CN(C[C@@H](O)[C@H](Cc1cc(F)cc(F)c1)NC(=O)O[C@H]1C[C@H]2CO[C@H]3OC1C[C@@H]23)S(=O)(=O)c1ccc2nc(NC3CC3)sc2c1. The van der Waals surface area contributed by atoms with E-state index in [1.54, 1.807) is 12.1 Å². The lowest BCUT2D eigenvalue weighted by molar-refractivity contribution is -0.147. The van der Waals surface area contributed by atoms with Crippen LogP contribution in [-0.4, -0.2) is 85.3 Å². The van der Waals surface area contributed by atoms with Crippen LogP contribution >= 0.6 is 11.3 Å². The summed E-state index contributed by atoms with van der Waals surface area (Å²) in [5.74, 6) is -1.24. The highest BCUT2D eigenvalue weighted by atomic mass is 32.2. The van der Waals surface area contributed by atoms with Crippen molar-refractivity contribution in [1.82, 2.24) is 14.6 Å². The van der Waals surface area contributed by atoms with E-state index in [-0.39, 0.29) is 53.6 Å².